The third kappa shape index (κ3) is 3.72. The second-order valence-corrected chi connectivity index (χ2v) is 11.7. The van der Waals surface area contributed by atoms with E-state index in [4.69, 9.17) is 0 Å². The molecule has 0 aliphatic heterocycles. The molecule has 0 fully saturated rings. The van der Waals surface area contributed by atoms with Crippen LogP contribution in [0.2, 0.25) is 0 Å². The molecule has 0 saturated carbocycles. The van der Waals surface area contributed by atoms with Gasteiger partial charge in [-0.1, -0.05) is 63.7 Å². The number of aromatic nitrogens is 2. The number of rotatable bonds is 3. The molecule has 0 aliphatic carbocycles. The van der Waals surface area contributed by atoms with Gasteiger partial charge in [-0.2, -0.15) is 0 Å². The summed E-state index contributed by atoms with van der Waals surface area (Å²) in [5.74, 6) is 0. The quantitative estimate of drug-likeness (QED) is 0.175. The van der Waals surface area contributed by atoms with Crippen LogP contribution >= 0.6 is 63.7 Å². The van der Waals surface area contributed by atoms with E-state index in [2.05, 4.69) is 158 Å². The first-order chi connectivity index (χ1) is 16.0. The van der Waals surface area contributed by atoms with Crippen LogP contribution in [0, 0.1) is 0 Å². The number of allylic oxidation sites excluding steroid dienone is 1. The predicted octanol–water partition coefficient (Wildman–Crippen LogP) is 10.1. The van der Waals surface area contributed by atoms with E-state index >= 15 is 0 Å². The number of halogens is 4. The molecule has 162 valence electrons. The highest BCUT2D eigenvalue weighted by atomic mass is 79.9. The minimum Gasteiger partial charge on any atom is -0.337 e. The molecule has 0 unspecified atom stereocenters. The molecule has 0 radical (unpaired) electrons. The highest BCUT2D eigenvalue weighted by Gasteiger charge is 2.12. The fourth-order valence-electron chi connectivity index (χ4n) is 4.66. The van der Waals surface area contributed by atoms with Crippen molar-refractivity contribution in [3.8, 4) is 0 Å². The molecule has 0 atom stereocenters. The van der Waals surface area contributed by atoms with Crippen molar-refractivity contribution < 1.29 is 0 Å². The molecule has 6 aromatic rings. The van der Waals surface area contributed by atoms with Crippen LogP contribution in [0.4, 0.5) is 0 Å². The van der Waals surface area contributed by atoms with Crippen molar-refractivity contribution >= 4 is 114 Å². The molecule has 0 spiro atoms. The second-order valence-electron chi connectivity index (χ2n) is 8.01. The zero-order chi connectivity index (χ0) is 22.7. The summed E-state index contributed by atoms with van der Waals surface area (Å²) in [6.07, 6.45) is 4.44. The summed E-state index contributed by atoms with van der Waals surface area (Å²) in [6.45, 7) is 0.775. The normalized spacial score (nSPS) is 12.2. The predicted molar refractivity (Wildman–Crippen MR) is 155 cm³/mol. The zero-order valence-electron chi connectivity index (χ0n) is 17.2. The summed E-state index contributed by atoms with van der Waals surface area (Å²) >= 11 is 14.5. The van der Waals surface area contributed by atoms with Crippen LogP contribution in [0.15, 0.2) is 96.8 Å². The van der Waals surface area contributed by atoms with Crippen LogP contribution in [0.25, 0.3) is 49.8 Å². The fourth-order valence-corrected chi connectivity index (χ4v) is 6.11. The molecule has 2 heterocycles. The molecule has 0 saturated heterocycles. The van der Waals surface area contributed by atoms with Gasteiger partial charge in [-0.3, -0.25) is 0 Å². The van der Waals surface area contributed by atoms with Crippen LogP contribution in [0.3, 0.4) is 0 Å². The first-order valence-electron chi connectivity index (χ1n) is 10.4. The average molecular weight is 688 g/mol. The van der Waals surface area contributed by atoms with Gasteiger partial charge in [0.15, 0.2) is 0 Å². The summed E-state index contributed by atoms with van der Waals surface area (Å²) in [5.41, 5.74) is 4.84. The van der Waals surface area contributed by atoms with E-state index in [1.807, 2.05) is 0 Å². The van der Waals surface area contributed by atoms with Crippen molar-refractivity contribution in [1.82, 2.24) is 9.13 Å². The number of fused-ring (bicyclic) bond motifs is 6. The standard InChI is InChI=1S/C27H16Br4N2/c28-16-2-6-24-20(12-16)21-13-17(29)3-7-25(21)32(24)10-1-11-33-26-8-4-18(30)14-22(26)23-15-19(31)5-9-27(23)33/h1-10,12-15H,11H2/b10-1+. The van der Waals surface area contributed by atoms with Crippen LogP contribution in [0.1, 0.15) is 0 Å². The lowest BCUT2D eigenvalue weighted by atomic mass is 10.2. The molecule has 6 rings (SSSR count). The Morgan fingerprint density at radius 3 is 1.30 bits per heavy atom. The molecule has 33 heavy (non-hydrogen) atoms. The molecule has 0 amide bonds. The summed E-state index contributed by atoms with van der Waals surface area (Å²) in [4.78, 5) is 0. The van der Waals surface area contributed by atoms with Gasteiger partial charge in [0.1, 0.15) is 0 Å². The fraction of sp³-hybridized carbons (Fsp3) is 0.0370. The lowest BCUT2D eigenvalue weighted by Crippen LogP contribution is -1.95. The van der Waals surface area contributed by atoms with Gasteiger partial charge in [0.25, 0.3) is 0 Å². The van der Waals surface area contributed by atoms with Gasteiger partial charge in [-0.05, 0) is 78.9 Å². The van der Waals surface area contributed by atoms with E-state index in [1.54, 1.807) is 0 Å². The molecular formula is C27H16Br4N2. The van der Waals surface area contributed by atoms with Crippen molar-refractivity contribution in [3.05, 3.63) is 96.8 Å². The Balaban J connectivity index is 1.50. The first-order valence-corrected chi connectivity index (χ1v) is 13.6. The van der Waals surface area contributed by atoms with E-state index in [0.29, 0.717) is 0 Å². The SMILES string of the molecule is Brc1ccc2c(c1)c1cc(Br)ccc1n2/C=C/Cn1c2ccc(Br)cc2c2cc(Br)ccc21. The number of hydrogen-bond donors (Lipinski definition) is 0. The van der Waals surface area contributed by atoms with E-state index in [0.717, 1.165) is 24.4 Å². The molecule has 0 aliphatic rings. The topological polar surface area (TPSA) is 9.86 Å². The summed E-state index contributed by atoms with van der Waals surface area (Å²) < 4.78 is 9.01. The van der Waals surface area contributed by atoms with Crippen molar-refractivity contribution in [1.29, 1.82) is 0 Å². The number of hydrogen-bond acceptors (Lipinski definition) is 0. The average Bonchev–Trinajstić information content (AvgIpc) is 3.25. The first kappa shape index (κ1) is 21.7. The molecule has 0 N–H and O–H groups in total. The molecule has 4 aromatic carbocycles. The molecule has 2 aromatic heterocycles. The minimum absolute atomic E-state index is 0.775. The molecular weight excluding hydrogens is 672 g/mol. The van der Waals surface area contributed by atoms with Gasteiger partial charge in [-0.15, -0.1) is 0 Å². The van der Waals surface area contributed by atoms with Crippen molar-refractivity contribution in [2.75, 3.05) is 0 Å². The zero-order valence-corrected chi connectivity index (χ0v) is 23.5. The van der Waals surface area contributed by atoms with Gasteiger partial charge in [0, 0.05) is 63.2 Å². The Morgan fingerprint density at radius 1 is 0.515 bits per heavy atom. The van der Waals surface area contributed by atoms with E-state index in [9.17, 15) is 0 Å². The maximum atomic E-state index is 3.64. The van der Waals surface area contributed by atoms with Crippen LogP contribution in [-0.2, 0) is 6.54 Å². The lowest BCUT2D eigenvalue weighted by Gasteiger charge is -2.05. The Labute approximate surface area is 224 Å². The smallest absolute Gasteiger partial charge is 0.0535 e. The van der Waals surface area contributed by atoms with Gasteiger partial charge >= 0.3 is 0 Å². The summed E-state index contributed by atoms with van der Waals surface area (Å²) in [6, 6.07) is 25.9. The van der Waals surface area contributed by atoms with Crippen LogP contribution in [0.5, 0.6) is 0 Å². The van der Waals surface area contributed by atoms with Crippen LogP contribution in [-0.4, -0.2) is 9.13 Å². The maximum absolute atomic E-state index is 3.64. The Morgan fingerprint density at radius 2 is 0.879 bits per heavy atom. The highest BCUT2D eigenvalue weighted by Crippen LogP contribution is 2.35. The number of benzene rings is 4. The number of nitrogens with zero attached hydrogens (tertiary/aromatic N) is 2. The van der Waals surface area contributed by atoms with Crippen molar-refractivity contribution in [2.45, 2.75) is 6.54 Å². The second kappa shape index (κ2) is 8.42. The highest BCUT2D eigenvalue weighted by molar-refractivity contribution is 9.11. The Kier molecular flexibility index (Phi) is 5.52. The van der Waals surface area contributed by atoms with E-state index in [1.165, 1.54) is 43.6 Å². The van der Waals surface area contributed by atoms with Gasteiger partial charge in [0.05, 0.1) is 11.0 Å². The largest absolute Gasteiger partial charge is 0.337 e. The molecule has 0 bridgehead atoms. The van der Waals surface area contributed by atoms with E-state index in [-0.39, 0.29) is 0 Å². The van der Waals surface area contributed by atoms with Gasteiger partial charge in [-0.25, -0.2) is 0 Å². The Hall–Kier alpha value is -1.86. The lowest BCUT2D eigenvalue weighted by molar-refractivity contribution is 0.899. The maximum Gasteiger partial charge on any atom is 0.0535 e. The summed E-state index contributed by atoms with van der Waals surface area (Å²) in [5, 5.41) is 4.97. The Bertz CT molecular complexity index is 1620. The monoisotopic (exact) mass is 684 g/mol. The minimum atomic E-state index is 0.775. The van der Waals surface area contributed by atoms with Crippen molar-refractivity contribution in [3.63, 3.8) is 0 Å². The molecule has 6 heteroatoms. The third-order valence-electron chi connectivity index (χ3n) is 6.06. The summed E-state index contributed by atoms with van der Waals surface area (Å²) in [7, 11) is 0. The molecule has 2 nitrogen and oxygen atoms in total. The van der Waals surface area contributed by atoms with Gasteiger partial charge in [0.2, 0.25) is 0 Å². The van der Waals surface area contributed by atoms with Crippen molar-refractivity contribution in [2.24, 2.45) is 0 Å². The third-order valence-corrected chi connectivity index (χ3v) is 8.03. The van der Waals surface area contributed by atoms with Gasteiger partial charge < -0.3 is 9.13 Å². The van der Waals surface area contributed by atoms with E-state index < -0.39 is 0 Å². The van der Waals surface area contributed by atoms with Crippen LogP contribution < -0.4 is 0 Å².